The number of imidazole rings is 1. The number of fused-ring (bicyclic) bond motifs is 1. The summed E-state index contributed by atoms with van der Waals surface area (Å²) in [4.78, 5) is 46.5. The van der Waals surface area contributed by atoms with Gasteiger partial charge in [0.05, 0.1) is 29.9 Å². The summed E-state index contributed by atoms with van der Waals surface area (Å²) in [7, 11) is 0. The van der Waals surface area contributed by atoms with E-state index in [0.717, 1.165) is 42.1 Å². The van der Waals surface area contributed by atoms with Gasteiger partial charge in [0, 0.05) is 23.7 Å². The molecule has 1 heterocycles. The number of aliphatic hydroxyl groups excluding tert-OH is 1. The number of Topliss-reactive ketones (excluding diaryl/α,β-unsaturated/α-hetero) is 1. The summed E-state index contributed by atoms with van der Waals surface area (Å²) in [6.45, 7) is 3.28. The van der Waals surface area contributed by atoms with Crippen molar-refractivity contribution in [3.05, 3.63) is 60.7 Å². The van der Waals surface area contributed by atoms with Crippen molar-refractivity contribution in [2.24, 2.45) is 23.0 Å². The first-order valence-corrected chi connectivity index (χ1v) is 15.0. The second-order valence-corrected chi connectivity index (χ2v) is 12.0. The lowest BCUT2D eigenvalue weighted by Gasteiger charge is -2.37. The summed E-state index contributed by atoms with van der Waals surface area (Å²) in [5, 5.41) is 16.4. The fourth-order valence-corrected chi connectivity index (χ4v) is 6.12. The number of hydrogen-bond donors (Lipinski definition) is 4. The van der Waals surface area contributed by atoms with Gasteiger partial charge in [-0.25, -0.2) is 4.98 Å². The number of H-pyrrole nitrogens is 1. The average Bonchev–Trinajstić information content (AvgIpc) is 3.51. The van der Waals surface area contributed by atoms with Gasteiger partial charge in [-0.15, -0.1) is 0 Å². The Kier molecular flexibility index (Phi) is 10.9. The van der Waals surface area contributed by atoms with Crippen LogP contribution in [-0.2, 0) is 20.8 Å². The van der Waals surface area contributed by atoms with Crippen LogP contribution >= 0.6 is 0 Å². The lowest BCUT2D eigenvalue weighted by atomic mass is 9.69. The maximum absolute atomic E-state index is 13.7. The highest BCUT2D eigenvalue weighted by molar-refractivity contribution is 5.99. The monoisotopic (exact) mass is 576 g/mol. The lowest BCUT2D eigenvalue weighted by Crippen LogP contribution is -2.53. The third-order valence-electron chi connectivity index (χ3n) is 8.85. The highest BCUT2D eigenvalue weighted by Gasteiger charge is 2.45. The van der Waals surface area contributed by atoms with Gasteiger partial charge in [0.2, 0.25) is 5.91 Å². The number of rotatable bonds is 15. The number of benzene rings is 2. The van der Waals surface area contributed by atoms with E-state index >= 15 is 0 Å². The van der Waals surface area contributed by atoms with E-state index in [1.807, 2.05) is 36.4 Å². The number of carbonyl (C=O) groups is 3. The van der Waals surface area contributed by atoms with Crippen LogP contribution in [0, 0.1) is 17.3 Å². The molecule has 2 aromatic carbocycles. The summed E-state index contributed by atoms with van der Waals surface area (Å²) in [6.07, 6.45) is 8.78. The number of aromatic nitrogens is 2. The Morgan fingerprint density at radius 1 is 1.17 bits per heavy atom. The highest BCUT2D eigenvalue weighted by Crippen LogP contribution is 2.36. The molecule has 0 spiro atoms. The zero-order chi connectivity index (χ0) is 30.1. The predicted octanol–water partition coefficient (Wildman–Crippen LogP) is 4.13. The molecule has 1 amide bonds. The number of aldehydes is 1. The number of nitrogens with zero attached hydrogens (tertiary/aromatic N) is 1. The molecule has 9 heteroatoms. The maximum Gasteiger partial charge on any atom is 0.237 e. The Hall–Kier alpha value is -3.56. The molecular weight excluding hydrogens is 532 g/mol. The molecule has 0 bridgehead atoms. The minimum absolute atomic E-state index is 0.126. The molecule has 1 aromatic heterocycles. The van der Waals surface area contributed by atoms with Gasteiger partial charge in [-0.2, -0.15) is 0 Å². The van der Waals surface area contributed by atoms with E-state index < -0.39 is 41.2 Å². The van der Waals surface area contributed by atoms with Crippen LogP contribution in [0.4, 0.5) is 0 Å². The molecule has 3 aromatic rings. The number of ketones is 1. The van der Waals surface area contributed by atoms with Crippen molar-refractivity contribution in [3.8, 4) is 5.75 Å². The molecule has 1 aliphatic rings. The van der Waals surface area contributed by atoms with Crippen molar-refractivity contribution >= 4 is 28.7 Å². The minimum atomic E-state index is -1.49. The van der Waals surface area contributed by atoms with E-state index in [4.69, 9.17) is 10.5 Å². The minimum Gasteiger partial charge on any atom is -0.485 e. The SMILES string of the molecule is CC(C)[C@](C=O)(C[C@H](O)[C@H](CC1CCCCC1)NC(=O)[C@@H](N)Cc1cnc[nH]1)C(=O)COc1cccc2ccccc12. The number of amides is 1. The molecule has 9 nitrogen and oxygen atoms in total. The zero-order valence-corrected chi connectivity index (χ0v) is 24.6. The normalized spacial score (nSPS) is 17.7. The van der Waals surface area contributed by atoms with Crippen LogP contribution in [0.5, 0.6) is 5.75 Å². The Morgan fingerprint density at radius 3 is 2.60 bits per heavy atom. The molecule has 1 saturated carbocycles. The van der Waals surface area contributed by atoms with E-state index in [-0.39, 0.29) is 19.4 Å². The second-order valence-electron chi connectivity index (χ2n) is 12.0. The van der Waals surface area contributed by atoms with Crippen LogP contribution in [0.2, 0.25) is 0 Å². The van der Waals surface area contributed by atoms with Gasteiger partial charge in [0.1, 0.15) is 18.6 Å². The maximum atomic E-state index is 13.7. The van der Waals surface area contributed by atoms with E-state index in [9.17, 15) is 19.5 Å². The highest BCUT2D eigenvalue weighted by atomic mass is 16.5. The van der Waals surface area contributed by atoms with Gasteiger partial charge in [-0.1, -0.05) is 82.3 Å². The number of ether oxygens (including phenoxy) is 1. The van der Waals surface area contributed by atoms with Gasteiger partial charge in [0.25, 0.3) is 0 Å². The zero-order valence-electron chi connectivity index (χ0n) is 24.6. The summed E-state index contributed by atoms with van der Waals surface area (Å²) >= 11 is 0. The number of aliphatic hydroxyl groups is 1. The van der Waals surface area contributed by atoms with E-state index in [1.54, 1.807) is 26.1 Å². The molecule has 0 aliphatic heterocycles. The molecule has 5 N–H and O–H groups in total. The molecule has 42 heavy (non-hydrogen) atoms. The van der Waals surface area contributed by atoms with E-state index in [1.165, 1.54) is 12.7 Å². The Bertz CT molecular complexity index is 1320. The first-order chi connectivity index (χ1) is 20.2. The molecule has 0 saturated heterocycles. The summed E-state index contributed by atoms with van der Waals surface area (Å²) in [5.74, 6) is -0.312. The third kappa shape index (κ3) is 7.63. The summed E-state index contributed by atoms with van der Waals surface area (Å²) in [6, 6.07) is 11.8. The van der Waals surface area contributed by atoms with Gasteiger partial charge in [-0.05, 0) is 36.1 Å². The van der Waals surface area contributed by atoms with Gasteiger partial charge < -0.3 is 30.7 Å². The first kappa shape index (κ1) is 31.4. The molecule has 4 atom stereocenters. The molecule has 0 unspecified atom stereocenters. The average molecular weight is 577 g/mol. The fraction of sp³-hybridized carbons (Fsp3) is 0.515. The molecule has 1 fully saturated rings. The molecular formula is C33H44N4O5. The van der Waals surface area contributed by atoms with Crippen LogP contribution in [-0.4, -0.2) is 57.8 Å². The van der Waals surface area contributed by atoms with Crippen molar-refractivity contribution < 1.29 is 24.2 Å². The van der Waals surface area contributed by atoms with E-state index in [2.05, 4.69) is 15.3 Å². The van der Waals surface area contributed by atoms with Gasteiger partial charge in [-0.3, -0.25) is 9.59 Å². The summed E-state index contributed by atoms with van der Waals surface area (Å²) in [5.41, 5.74) is 5.45. The number of nitrogens with one attached hydrogen (secondary N) is 2. The molecule has 0 radical (unpaired) electrons. The van der Waals surface area contributed by atoms with Crippen molar-refractivity contribution in [1.82, 2.24) is 15.3 Å². The standard InChI is InChI=1S/C33H44N4O5/c1-22(2)33(20-38,31(40)19-42-30-14-8-12-24-11-6-7-13-26(24)30)17-29(39)28(15-23-9-4-3-5-10-23)37-32(41)27(34)16-25-18-35-21-36-25/h6-8,11-14,18,20-23,27-29,39H,3-5,9-10,15-17,19,34H2,1-2H3,(H,35,36)(H,37,41)/t27-,28-,29-,33+/m0/s1. The van der Waals surface area contributed by atoms with Crippen LogP contribution < -0.4 is 15.8 Å². The largest absolute Gasteiger partial charge is 0.485 e. The topological polar surface area (TPSA) is 147 Å². The Balaban J connectivity index is 1.50. The van der Waals surface area contributed by atoms with Crippen LogP contribution in [0.1, 0.15) is 64.5 Å². The van der Waals surface area contributed by atoms with Crippen LogP contribution in [0.25, 0.3) is 10.8 Å². The number of aromatic amines is 1. The fourth-order valence-electron chi connectivity index (χ4n) is 6.12. The molecule has 4 rings (SSSR count). The number of hydrogen-bond acceptors (Lipinski definition) is 7. The number of carbonyl (C=O) groups excluding carboxylic acids is 3. The first-order valence-electron chi connectivity index (χ1n) is 15.0. The van der Waals surface area contributed by atoms with E-state index in [0.29, 0.717) is 24.4 Å². The molecule has 1 aliphatic carbocycles. The quantitative estimate of drug-likeness (QED) is 0.157. The lowest BCUT2D eigenvalue weighted by molar-refractivity contribution is -0.142. The van der Waals surface area contributed by atoms with Crippen molar-refractivity contribution in [2.75, 3.05) is 6.61 Å². The van der Waals surface area contributed by atoms with Gasteiger partial charge >= 0.3 is 0 Å². The van der Waals surface area contributed by atoms with Crippen molar-refractivity contribution in [1.29, 1.82) is 0 Å². The van der Waals surface area contributed by atoms with Crippen LogP contribution in [0.3, 0.4) is 0 Å². The van der Waals surface area contributed by atoms with Crippen LogP contribution in [0.15, 0.2) is 55.0 Å². The summed E-state index contributed by atoms with van der Waals surface area (Å²) < 4.78 is 5.96. The smallest absolute Gasteiger partial charge is 0.237 e. The predicted molar refractivity (Wildman–Crippen MR) is 162 cm³/mol. The van der Waals surface area contributed by atoms with Crippen molar-refractivity contribution in [2.45, 2.75) is 83.4 Å². The second kappa shape index (κ2) is 14.6. The number of nitrogens with two attached hydrogens (primary N) is 1. The Morgan fingerprint density at radius 2 is 1.90 bits per heavy atom. The molecule has 226 valence electrons. The third-order valence-corrected chi connectivity index (χ3v) is 8.85. The van der Waals surface area contributed by atoms with Crippen molar-refractivity contribution in [3.63, 3.8) is 0 Å². The Labute approximate surface area is 247 Å². The van der Waals surface area contributed by atoms with Gasteiger partial charge in [0.15, 0.2) is 5.78 Å².